The fourth-order valence-corrected chi connectivity index (χ4v) is 7.48. The number of imidazole rings is 1. The van der Waals surface area contributed by atoms with Gasteiger partial charge in [0.05, 0.1) is 81.0 Å². The zero-order valence-electron chi connectivity index (χ0n) is 26.9. The van der Waals surface area contributed by atoms with E-state index in [1.165, 1.54) is 13.2 Å². The molecule has 0 bridgehead atoms. The van der Waals surface area contributed by atoms with Crippen LogP contribution >= 0.6 is 11.6 Å². The van der Waals surface area contributed by atoms with E-state index in [2.05, 4.69) is 14.4 Å². The largest absolute Gasteiger partial charge is 0.494 e. The minimum Gasteiger partial charge on any atom is -0.494 e. The maximum absolute atomic E-state index is 15.0. The average Bonchev–Trinajstić information content (AvgIpc) is 3.77. The van der Waals surface area contributed by atoms with Gasteiger partial charge in [-0.15, -0.1) is 0 Å². The van der Waals surface area contributed by atoms with Crippen molar-refractivity contribution in [3.8, 4) is 17.2 Å². The lowest BCUT2D eigenvalue weighted by molar-refractivity contribution is -0.0705. The molecule has 0 radical (unpaired) electrons. The van der Waals surface area contributed by atoms with E-state index in [9.17, 15) is 4.79 Å². The van der Waals surface area contributed by atoms with Gasteiger partial charge in [0.25, 0.3) is 5.79 Å². The third-order valence-corrected chi connectivity index (χ3v) is 10.1. The Bertz CT molecular complexity index is 1900. The minimum absolute atomic E-state index is 0.0289. The predicted octanol–water partition coefficient (Wildman–Crippen LogP) is 5.15. The van der Waals surface area contributed by atoms with Gasteiger partial charge in [0.1, 0.15) is 22.9 Å². The summed E-state index contributed by atoms with van der Waals surface area (Å²) in [5.41, 5.74) is 3.04. The van der Waals surface area contributed by atoms with Crippen molar-refractivity contribution in [1.82, 2.24) is 14.5 Å². The van der Waals surface area contributed by atoms with Crippen molar-refractivity contribution in [3.63, 3.8) is 0 Å². The number of esters is 1. The van der Waals surface area contributed by atoms with Gasteiger partial charge in [0.2, 0.25) is 0 Å². The Labute approximate surface area is 282 Å². The van der Waals surface area contributed by atoms with Crippen LogP contribution in [0, 0.1) is 5.82 Å². The molecule has 0 amide bonds. The Morgan fingerprint density at radius 1 is 1.10 bits per heavy atom. The molecular weight excluding hydrogens is 643 g/mol. The number of anilines is 1. The summed E-state index contributed by atoms with van der Waals surface area (Å²) in [5.74, 6) is 0.216. The molecule has 4 aromatic rings. The number of rotatable bonds is 8. The molecule has 3 aromatic carbocycles. The summed E-state index contributed by atoms with van der Waals surface area (Å²) < 4.78 is 52.5. The van der Waals surface area contributed by atoms with Gasteiger partial charge in [-0.2, -0.15) is 0 Å². The number of hydrogen-bond donors (Lipinski definition) is 0. The van der Waals surface area contributed by atoms with Gasteiger partial charge in [-0.05, 0) is 48.9 Å². The topological polar surface area (TPSA) is 96.8 Å². The predicted molar refractivity (Wildman–Crippen MR) is 175 cm³/mol. The van der Waals surface area contributed by atoms with Gasteiger partial charge < -0.3 is 37.9 Å². The fraction of sp³-hybridized carbons (Fsp3) is 0.429. The summed E-state index contributed by atoms with van der Waals surface area (Å²) in [5, 5.41) is 0.304. The number of aromatic nitrogens is 2. The molecule has 13 heteroatoms. The number of para-hydroxylation sites is 1. The van der Waals surface area contributed by atoms with Gasteiger partial charge in [-0.3, -0.25) is 4.90 Å². The third kappa shape index (κ3) is 5.22. The van der Waals surface area contributed by atoms with E-state index in [0.717, 1.165) is 36.6 Å². The lowest BCUT2D eigenvalue weighted by atomic mass is 10.0. The lowest BCUT2D eigenvalue weighted by Crippen LogP contribution is -2.59. The molecule has 4 aliphatic rings. The molecule has 3 saturated heterocycles. The molecule has 1 unspecified atom stereocenters. The molecule has 4 atom stereocenters. The number of ether oxygens (including phenoxy) is 6. The number of carbonyl (C=O) groups is 1. The first-order valence-electron chi connectivity index (χ1n) is 16.1. The molecule has 5 heterocycles. The van der Waals surface area contributed by atoms with Crippen molar-refractivity contribution in [2.75, 3.05) is 52.0 Å². The lowest BCUT2D eigenvalue weighted by Gasteiger charge is -2.44. The van der Waals surface area contributed by atoms with E-state index in [0.29, 0.717) is 66.2 Å². The van der Waals surface area contributed by atoms with Crippen molar-refractivity contribution in [2.45, 2.75) is 50.4 Å². The average molecular weight is 679 g/mol. The monoisotopic (exact) mass is 678 g/mol. The Hall–Kier alpha value is -4.10. The van der Waals surface area contributed by atoms with Gasteiger partial charge in [-0.1, -0.05) is 17.7 Å². The molecule has 4 aliphatic heterocycles. The Kier molecular flexibility index (Phi) is 7.86. The summed E-state index contributed by atoms with van der Waals surface area (Å²) in [4.78, 5) is 22.3. The van der Waals surface area contributed by atoms with E-state index in [1.54, 1.807) is 32.2 Å². The molecule has 8 rings (SSSR count). The zero-order valence-corrected chi connectivity index (χ0v) is 27.7. The van der Waals surface area contributed by atoms with Gasteiger partial charge in [-0.25, -0.2) is 14.2 Å². The number of nitrogens with zero attached hydrogens (tertiary/aromatic N) is 4. The number of carbonyl (C=O) groups excluding carboxylic acids is 1. The van der Waals surface area contributed by atoms with Crippen LogP contribution in [-0.4, -0.2) is 85.7 Å². The molecule has 1 aromatic heterocycles. The highest BCUT2D eigenvalue weighted by Crippen LogP contribution is 2.51. The van der Waals surface area contributed by atoms with Crippen LogP contribution in [0.15, 0.2) is 48.5 Å². The molecule has 11 nitrogen and oxygen atoms in total. The number of methoxy groups -OCH3 is 2. The second-order valence-corrected chi connectivity index (χ2v) is 13.1. The second-order valence-electron chi connectivity index (χ2n) is 12.7. The maximum Gasteiger partial charge on any atom is 0.338 e. The molecule has 252 valence electrons. The van der Waals surface area contributed by atoms with Crippen molar-refractivity contribution in [1.29, 1.82) is 0 Å². The molecule has 48 heavy (non-hydrogen) atoms. The van der Waals surface area contributed by atoms with Crippen LogP contribution in [0.3, 0.4) is 0 Å². The quantitative estimate of drug-likeness (QED) is 0.233. The SMILES string of the molecule is COC(=O)c1cc(OC)c2nc(CN3CCN(c4cccc5c4OC(C)(c4ccc(Cl)cc4F)O5)[C@H]4COC[C@H]43)n(C[C@@H]3CCO3)c2c1. The third-order valence-electron chi connectivity index (χ3n) is 9.87. The fourth-order valence-electron chi connectivity index (χ4n) is 7.32. The molecule has 3 fully saturated rings. The van der Waals surface area contributed by atoms with E-state index >= 15 is 4.39 Å². The standard InChI is InChI=1S/C35H36ClFN4O7/c1-35(23-8-7-21(36)15-24(23)37)47-29-6-4-5-25(33(29)48-35)40-11-10-39(27-18-45-19-28(27)40)17-31-38-32-26(41(31)16-22-9-12-46-22)13-20(34(42)44-3)14-30(32)43-2/h4-8,13-15,22,27-28H,9-12,16-19H2,1-3H3/t22-,27+,28-,35?/m0/s1. The van der Waals surface area contributed by atoms with Gasteiger partial charge in [0, 0.05) is 31.6 Å². The van der Waals surface area contributed by atoms with Crippen LogP contribution in [0.25, 0.3) is 11.0 Å². The zero-order chi connectivity index (χ0) is 33.2. The van der Waals surface area contributed by atoms with Crippen LogP contribution in [0.5, 0.6) is 17.2 Å². The summed E-state index contributed by atoms with van der Waals surface area (Å²) >= 11 is 6.02. The highest BCUT2D eigenvalue weighted by molar-refractivity contribution is 6.30. The maximum atomic E-state index is 15.0. The van der Waals surface area contributed by atoms with E-state index in [1.807, 2.05) is 24.3 Å². The van der Waals surface area contributed by atoms with E-state index in [-0.39, 0.29) is 23.8 Å². The Balaban J connectivity index is 1.09. The molecular formula is C35H36ClFN4O7. The van der Waals surface area contributed by atoms with Crippen molar-refractivity contribution in [3.05, 3.63) is 76.3 Å². The smallest absolute Gasteiger partial charge is 0.338 e. The van der Waals surface area contributed by atoms with Crippen LogP contribution in [0.2, 0.25) is 5.02 Å². The molecule has 0 saturated carbocycles. The Morgan fingerprint density at radius 2 is 1.94 bits per heavy atom. The number of piperazine rings is 1. The van der Waals surface area contributed by atoms with Crippen molar-refractivity contribution >= 4 is 34.3 Å². The van der Waals surface area contributed by atoms with Crippen LogP contribution in [-0.2, 0) is 33.1 Å². The van der Waals surface area contributed by atoms with E-state index in [4.69, 9.17) is 45.0 Å². The molecule has 0 N–H and O–H groups in total. The van der Waals surface area contributed by atoms with Gasteiger partial charge in [0.15, 0.2) is 11.5 Å². The normalized spacial score (nSPS) is 24.9. The summed E-state index contributed by atoms with van der Waals surface area (Å²) in [6, 6.07) is 13.9. The van der Waals surface area contributed by atoms with Crippen LogP contribution in [0.1, 0.15) is 35.1 Å². The highest BCUT2D eigenvalue weighted by atomic mass is 35.5. The summed E-state index contributed by atoms with van der Waals surface area (Å²) in [7, 11) is 2.94. The molecule has 0 spiro atoms. The Morgan fingerprint density at radius 3 is 2.69 bits per heavy atom. The number of hydrogen-bond acceptors (Lipinski definition) is 10. The number of benzene rings is 3. The second kappa shape index (κ2) is 12.1. The van der Waals surface area contributed by atoms with Crippen molar-refractivity contribution < 1.29 is 37.6 Å². The van der Waals surface area contributed by atoms with Crippen LogP contribution in [0.4, 0.5) is 10.1 Å². The first kappa shape index (κ1) is 31.2. The highest BCUT2D eigenvalue weighted by Gasteiger charge is 2.46. The summed E-state index contributed by atoms with van der Waals surface area (Å²) in [6.45, 7) is 6.15. The van der Waals surface area contributed by atoms with Crippen molar-refractivity contribution in [2.24, 2.45) is 0 Å². The van der Waals surface area contributed by atoms with Gasteiger partial charge >= 0.3 is 5.97 Å². The van der Waals surface area contributed by atoms with Crippen LogP contribution < -0.4 is 19.1 Å². The summed E-state index contributed by atoms with van der Waals surface area (Å²) in [6.07, 6.45) is 1.03. The first-order chi connectivity index (χ1) is 23.3. The number of halogens is 2. The number of fused-ring (bicyclic) bond motifs is 3. The molecule has 0 aliphatic carbocycles. The minimum atomic E-state index is -1.35. The van der Waals surface area contributed by atoms with E-state index < -0.39 is 17.6 Å². The first-order valence-corrected chi connectivity index (χ1v) is 16.5.